The predicted molar refractivity (Wildman–Crippen MR) is 80.3 cm³/mol. The van der Waals surface area contributed by atoms with Crippen molar-refractivity contribution < 1.29 is 8.78 Å². The normalized spacial score (nSPS) is 12.4. The topological polar surface area (TPSA) is 12.0 Å². The number of rotatable bonds is 5. The minimum absolute atomic E-state index is 0.258. The molecule has 0 aliphatic rings. The minimum Gasteiger partial charge on any atom is -0.312 e. The van der Waals surface area contributed by atoms with Crippen LogP contribution in [0.15, 0.2) is 47.4 Å². The third kappa shape index (κ3) is 3.95. The molecule has 0 spiro atoms. The van der Waals surface area contributed by atoms with E-state index in [1.54, 1.807) is 30.9 Å². The van der Waals surface area contributed by atoms with E-state index in [9.17, 15) is 8.78 Å². The van der Waals surface area contributed by atoms with E-state index in [2.05, 4.69) is 5.32 Å². The van der Waals surface area contributed by atoms with Crippen LogP contribution in [0, 0.1) is 11.6 Å². The molecule has 1 nitrogen and oxygen atoms in total. The Bertz CT molecular complexity index is 575. The zero-order valence-electron chi connectivity index (χ0n) is 10.9. The average molecular weight is 314 g/mol. The van der Waals surface area contributed by atoms with Crippen LogP contribution in [0.4, 0.5) is 8.78 Å². The van der Waals surface area contributed by atoms with Gasteiger partial charge in [0, 0.05) is 27.3 Å². The van der Waals surface area contributed by atoms with Gasteiger partial charge in [0.2, 0.25) is 0 Å². The average Bonchev–Trinajstić information content (AvgIpc) is 2.45. The predicted octanol–water partition coefficient (Wildman–Crippen LogP) is 4.67. The highest BCUT2D eigenvalue weighted by Gasteiger charge is 2.15. The first kappa shape index (κ1) is 15.3. The molecule has 0 bridgehead atoms. The molecule has 20 heavy (non-hydrogen) atoms. The van der Waals surface area contributed by atoms with Crippen LogP contribution in [0.5, 0.6) is 0 Å². The van der Waals surface area contributed by atoms with Crippen LogP contribution in [0.2, 0.25) is 5.02 Å². The van der Waals surface area contributed by atoms with Crippen molar-refractivity contribution in [3.8, 4) is 0 Å². The molecule has 106 valence electrons. The lowest BCUT2D eigenvalue weighted by atomic mass is 10.1. The van der Waals surface area contributed by atoms with Gasteiger partial charge in [-0.05, 0) is 49.5 Å². The highest BCUT2D eigenvalue weighted by atomic mass is 35.5. The van der Waals surface area contributed by atoms with Crippen LogP contribution < -0.4 is 5.32 Å². The number of hydrogen-bond acceptors (Lipinski definition) is 2. The molecule has 0 aliphatic carbocycles. The lowest BCUT2D eigenvalue weighted by molar-refractivity contribution is 0.549. The second-order valence-corrected chi connectivity index (χ2v) is 5.80. The van der Waals surface area contributed by atoms with E-state index in [0.29, 0.717) is 16.3 Å². The lowest BCUT2D eigenvalue weighted by Gasteiger charge is -2.17. The van der Waals surface area contributed by atoms with Gasteiger partial charge >= 0.3 is 0 Å². The number of nitrogens with one attached hydrogen (secondary N) is 1. The summed E-state index contributed by atoms with van der Waals surface area (Å²) in [7, 11) is 1.73. The maximum atomic E-state index is 13.8. The fraction of sp³-hybridized carbons (Fsp3) is 0.200. The van der Waals surface area contributed by atoms with Crippen molar-refractivity contribution in [1.29, 1.82) is 0 Å². The van der Waals surface area contributed by atoms with E-state index in [1.807, 2.05) is 12.1 Å². The molecule has 0 fully saturated rings. The number of hydrogen-bond donors (Lipinski definition) is 1. The van der Waals surface area contributed by atoms with Crippen molar-refractivity contribution in [3.63, 3.8) is 0 Å². The van der Waals surface area contributed by atoms with Crippen LogP contribution >= 0.6 is 23.4 Å². The summed E-state index contributed by atoms with van der Waals surface area (Å²) in [5, 5.41) is 3.69. The fourth-order valence-electron chi connectivity index (χ4n) is 1.82. The van der Waals surface area contributed by atoms with Gasteiger partial charge < -0.3 is 5.32 Å². The van der Waals surface area contributed by atoms with Crippen molar-refractivity contribution in [2.24, 2.45) is 0 Å². The van der Waals surface area contributed by atoms with Crippen molar-refractivity contribution >= 4 is 23.4 Å². The highest BCUT2D eigenvalue weighted by molar-refractivity contribution is 7.99. The maximum Gasteiger partial charge on any atom is 0.128 e. The van der Waals surface area contributed by atoms with Crippen LogP contribution in [0.25, 0.3) is 0 Å². The second kappa shape index (κ2) is 7.07. The number of benzene rings is 2. The first-order valence-corrected chi connectivity index (χ1v) is 7.47. The Morgan fingerprint density at radius 2 is 1.85 bits per heavy atom. The molecule has 0 aromatic heterocycles. The van der Waals surface area contributed by atoms with E-state index >= 15 is 0 Å². The van der Waals surface area contributed by atoms with Gasteiger partial charge in [-0.1, -0.05) is 11.6 Å². The molecular weight excluding hydrogens is 300 g/mol. The quantitative estimate of drug-likeness (QED) is 0.805. The molecule has 0 saturated heterocycles. The summed E-state index contributed by atoms with van der Waals surface area (Å²) in [6, 6.07) is 10.7. The van der Waals surface area contributed by atoms with E-state index in [-0.39, 0.29) is 6.04 Å². The van der Waals surface area contributed by atoms with Gasteiger partial charge in [-0.2, -0.15) is 0 Å². The third-order valence-corrected chi connectivity index (χ3v) is 4.27. The monoisotopic (exact) mass is 313 g/mol. The van der Waals surface area contributed by atoms with Crippen LogP contribution in [-0.2, 0) is 0 Å². The molecule has 1 N–H and O–H groups in total. The van der Waals surface area contributed by atoms with Gasteiger partial charge in [0.1, 0.15) is 11.6 Å². The summed E-state index contributed by atoms with van der Waals surface area (Å²) < 4.78 is 27.0. The Hall–Kier alpha value is -1.10. The maximum absolute atomic E-state index is 13.8. The van der Waals surface area contributed by atoms with Crippen molar-refractivity contribution in [3.05, 3.63) is 64.7 Å². The van der Waals surface area contributed by atoms with Gasteiger partial charge in [0.05, 0.1) is 0 Å². The molecule has 2 aromatic carbocycles. The molecule has 0 amide bonds. The molecule has 5 heteroatoms. The summed E-state index contributed by atoms with van der Waals surface area (Å²) in [5.41, 5.74) is 0.342. The smallest absolute Gasteiger partial charge is 0.128 e. The summed E-state index contributed by atoms with van der Waals surface area (Å²) in [6.07, 6.45) is 0. The Kier molecular flexibility index (Phi) is 5.40. The zero-order valence-corrected chi connectivity index (χ0v) is 12.4. The Labute approximate surface area is 126 Å². The first-order chi connectivity index (χ1) is 9.60. The Balaban J connectivity index is 2.09. The molecule has 1 atom stereocenters. The minimum atomic E-state index is -0.432. The first-order valence-electron chi connectivity index (χ1n) is 6.10. The molecule has 0 saturated carbocycles. The fourth-order valence-corrected chi connectivity index (χ4v) is 2.98. The van der Waals surface area contributed by atoms with Crippen molar-refractivity contribution in [2.45, 2.75) is 10.9 Å². The van der Waals surface area contributed by atoms with Crippen LogP contribution in [0.3, 0.4) is 0 Å². The standard InChI is InChI=1S/C15H14ClF2NS/c1-19-15(13-8-11(17)4-7-14(13)18)9-20-12-5-2-10(16)3-6-12/h2-8,15,19H,9H2,1H3. The molecular formula is C15H14ClF2NS. The van der Waals surface area contributed by atoms with E-state index in [1.165, 1.54) is 6.07 Å². The van der Waals surface area contributed by atoms with Gasteiger partial charge in [0.15, 0.2) is 0 Å². The number of halogens is 3. The Morgan fingerprint density at radius 1 is 1.15 bits per heavy atom. The van der Waals surface area contributed by atoms with Crippen LogP contribution in [-0.4, -0.2) is 12.8 Å². The number of thioether (sulfide) groups is 1. The Morgan fingerprint density at radius 3 is 2.50 bits per heavy atom. The SMILES string of the molecule is CNC(CSc1ccc(Cl)cc1)c1cc(F)ccc1F. The van der Waals surface area contributed by atoms with Crippen molar-refractivity contribution in [1.82, 2.24) is 5.32 Å². The molecule has 0 heterocycles. The van der Waals surface area contributed by atoms with E-state index in [0.717, 1.165) is 17.0 Å². The van der Waals surface area contributed by atoms with E-state index < -0.39 is 11.6 Å². The summed E-state index contributed by atoms with van der Waals surface area (Å²) in [6.45, 7) is 0. The van der Waals surface area contributed by atoms with Gasteiger partial charge in [-0.25, -0.2) is 8.78 Å². The highest BCUT2D eigenvalue weighted by Crippen LogP contribution is 2.27. The molecule has 0 radical (unpaired) electrons. The largest absolute Gasteiger partial charge is 0.312 e. The molecule has 2 rings (SSSR count). The van der Waals surface area contributed by atoms with E-state index in [4.69, 9.17) is 11.6 Å². The lowest BCUT2D eigenvalue weighted by Crippen LogP contribution is -2.20. The van der Waals surface area contributed by atoms with Gasteiger partial charge in [-0.15, -0.1) is 11.8 Å². The van der Waals surface area contributed by atoms with Gasteiger partial charge in [-0.3, -0.25) is 0 Å². The molecule has 1 unspecified atom stereocenters. The van der Waals surface area contributed by atoms with Crippen LogP contribution in [0.1, 0.15) is 11.6 Å². The second-order valence-electron chi connectivity index (χ2n) is 4.27. The third-order valence-electron chi connectivity index (χ3n) is 2.91. The van der Waals surface area contributed by atoms with Gasteiger partial charge in [0.25, 0.3) is 0 Å². The molecule has 2 aromatic rings. The summed E-state index contributed by atoms with van der Waals surface area (Å²) >= 11 is 7.38. The summed E-state index contributed by atoms with van der Waals surface area (Å²) in [4.78, 5) is 1.03. The summed E-state index contributed by atoms with van der Waals surface area (Å²) in [5.74, 6) is -0.237. The van der Waals surface area contributed by atoms with Crippen molar-refractivity contribution in [2.75, 3.05) is 12.8 Å². The molecule has 0 aliphatic heterocycles. The zero-order chi connectivity index (χ0) is 14.5.